The van der Waals surface area contributed by atoms with Crippen molar-refractivity contribution in [2.75, 3.05) is 0 Å². The zero-order valence-corrected chi connectivity index (χ0v) is 12.8. The molecule has 0 bridgehead atoms. The Labute approximate surface area is 121 Å². The minimum absolute atomic E-state index is 0.160. The zero-order valence-electron chi connectivity index (χ0n) is 11.2. The molecule has 1 saturated carbocycles. The molecule has 1 aromatic heterocycles. The molecule has 1 amide bonds. The van der Waals surface area contributed by atoms with Crippen LogP contribution in [-0.2, 0) is 0 Å². The van der Waals surface area contributed by atoms with Crippen molar-refractivity contribution in [1.29, 1.82) is 0 Å². The van der Waals surface area contributed by atoms with Crippen molar-refractivity contribution in [2.24, 2.45) is 0 Å². The molecule has 6 heteroatoms. The van der Waals surface area contributed by atoms with E-state index in [-0.39, 0.29) is 17.9 Å². The Bertz CT molecular complexity index is 459. The fourth-order valence-corrected chi connectivity index (χ4v) is 3.21. The molecule has 2 atom stereocenters. The predicted molar refractivity (Wildman–Crippen MR) is 76.1 cm³/mol. The third-order valence-electron chi connectivity index (χ3n) is 3.57. The molecule has 5 nitrogen and oxygen atoms in total. The lowest BCUT2D eigenvalue weighted by Crippen LogP contribution is -2.45. The van der Waals surface area contributed by atoms with E-state index in [2.05, 4.69) is 31.4 Å². The fraction of sp³-hybridized carbons (Fsp3) is 0.692. The van der Waals surface area contributed by atoms with Crippen LogP contribution in [0.15, 0.2) is 4.47 Å². The van der Waals surface area contributed by atoms with E-state index in [9.17, 15) is 9.90 Å². The van der Waals surface area contributed by atoms with Gasteiger partial charge in [0.2, 0.25) is 0 Å². The predicted octanol–water partition coefficient (Wildman–Crippen LogP) is 2.33. The topological polar surface area (TPSA) is 78.0 Å². The van der Waals surface area contributed by atoms with Gasteiger partial charge in [0.05, 0.1) is 22.3 Å². The first-order valence-corrected chi connectivity index (χ1v) is 7.52. The standard InChI is InChI=1S/C13H20BrN3O2/c1-7(2)11-10(14)12(17-16-11)13(19)15-8-5-3-4-6-9(8)18/h7-9,18H,3-6H2,1-2H3,(H,15,19)(H,16,17). The molecule has 0 saturated heterocycles. The molecule has 1 aliphatic rings. The minimum Gasteiger partial charge on any atom is -0.391 e. The number of carbonyl (C=O) groups excluding carboxylic acids is 1. The molecule has 0 radical (unpaired) electrons. The number of aliphatic hydroxyl groups is 1. The molecule has 1 aliphatic carbocycles. The third kappa shape index (κ3) is 3.17. The van der Waals surface area contributed by atoms with Crippen LogP contribution in [0.4, 0.5) is 0 Å². The highest BCUT2D eigenvalue weighted by Crippen LogP contribution is 2.26. The molecule has 2 rings (SSSR count). The van der Waals surface area contributed by atoms with Gasteiger partial charge in [0, 0.05) is 0 Å². The molecule has 0 aromatic carbocycles. The second-order valence-corrected chi connectivity index (χ2v) is 6.18. The van der Waals surface area contributed by atoms with Gasteiger partial charge in [0.15, 0.2) is 5.69 Å². The molecular formula is C13H20BrN3O2. The molecule has 0 aliphatic heterocycles. The number of nitrogens with zero attached hydrogens (tertiary/aromatic N) is 1. The number of H-pyrrole nitrogens is 1. The lowest BCUT2D eigenvalue weighted by Gasteiger charge is -2.28. The summed E-state index contributed by atoms with van der Waals surface area (Å²) in [5, 5.41) is 19.7. The van der Waals surface area contributed by atoms with Crippen LogP contribution < -0.4 is 5.32 Å². The van der Waals surface area contributed by atoms with E-state index in [1.54, 1.807) is 0 Å². The molecule has 19 heavy (non-hydrogen) atoms. The number of aromatic nitrogens is 2. The summed E-state index contributed by atoms with van der Waals surface area (Å²) < 4.78 is 0.713. The van der Waals surface area contributed by atoms with Gasteiger partial charge < -0.3 is 10.4 Å². The van der Waals surface area contributed by atoms with Gasteiger partial charge in [-0.1, -0.05) is 26.7 Å². The average Bonchev–Trinajstić information content (AvgIpc) is 2.74. The van der Waals surface area contributed by atoms with Crippen LogP contribution >= 0.6 is 15.9 Å². The number of aliphatic hydroxyl groups excluding tert-OH is 1. The summed E-state index contributed by atoms with van der Waals surface area (Å²) >= 11 is 3.42. The highest BCUT2D eigenvalue weighted by atomic mass is 79.9. The number of amides is 1. The maximum Gasteiger partial charge on any atom is 0.273 e. The van der Waals surface area contributed by atoms with Crippen molar-refractivity contribution in [3.8, 4) is 0 Å². The largest absolute Gasteiger partial charge is 0.391 e. The van der Waals surface area contributed by atoms with Crippen LogP contribution in [0.3, 0.4) is 0 Å². The number of hydrogen-bond donors (Lipinski definition) is 3. The number of rotatable bonds is 3. The van der Waals surface area contributed by atoms with Crippen LogP contribution in [0.1, 0.15) is 61.6 Å². The second-order valence-electron chi connectivity index (χ2n) is 5.39. The van der Waals surface area contributed by atoms with Crippen LogP contribution in [0.2, 0.25) is 0 Å². The molecule has 106 valence electrons. The SMILES string of the molecule is CC(C)c1[nH]nc(C(=O)NC2CCCCC2O)c1Br. The van der Waals surface area contributed by atoms with E-state index >= 15 is 0 Å². The summed E-state index contributed by atoms with van der Waals surface area (Å²) in [6.07, 6.45) is 3.20. The van der Waals surface area contributed by atoms with E-state index in [4.69, 9.17) is 0 Å². The van der Waals surface area contributed by atoms with Gasteiger partial charge in [-0.2, -0.15) is 5.10 Å². The molecule has 1 fully saturated rings. The van der Waals surface area contributed by atoms with E-state index in [0.717, 1.165) is 31.4 Å². The number of nitrogens with one attached hydrogen (secondary N) is 2. The highest BCUT2D eigenvalue weighted by Gasteiger charge is 2.27. The number of hydrogen-bond acceptors (Lipinski definition) is 3. The first-order chi connectivity index (χ1) is 9.00. The lowest BCUT2D eigenvalue weighted by atomic mass is 9.92. The summed E-state index contributed by atoms with van der Waals surface area (Å²) in [4.78, 5) is 12.2. The number of carbonyl (C=O) groups is 1. The van der Waals surface area contributed by atoms with Gasteiger partial charge in [-0.25, -0.2) is 0 Å². The maximum absolute atomic E-state index is 12.2. The van der Waals surface area contributed by atoms with Crippen molar-refractivity contribution in [2.45, 2.75) is 57.6 Å². The minimum atomic E-state index is -0.444. The Morgan fingerprint density at radius 3 is 2.74 bits per heavy atom. The van der Waals surface area contributed by atoms with Gasteiger partial charge in [0.25, 0.3) is 5.91 Å². The molecule has 1 aromatic rings. The van der Waals surface area contributed by atoms with E-state index in [1.165, 1.54) is 0 Å². The number of aromatic amines is 1. The van der Waals surface area contributed by atoms with Crippen LogP contribution in [0.5, 0.6) is 0 Å². The molecule has 0 spiro atoms. The fourth-order valence-electron chi connectivity index (χ4n) is 2.39. The van der Waals surface area contributed by atoms with Crippen molar-refractivity contribution < 1.29 is 9.90 Å². The lowest BCUT2D eigenvalue weighted by molar-refractivity contribution is 0.0713. The summed E-state index contributed by atoms with van der Waals surface area (Å²) in [7, 11) is 0. The summed E-state index contributed by atoms with van der Waals surface area (Å²) in [5.74, 6) is 0.0321. The van der Waals surface area contributed by atoms with Gasteiger partial charge in [-0.05, 0) is 34.7 Å². The van der Waals surface area contributed by atoms with Gasteiger partial charge in [-0.15, -0.1) is 0 Å². The summed E-state index contributed by atoms with van der Waals surface area (Å²) in [5.41, 5.74) is 1.27. The van der Waals surface area contributed by atoms with E-state index in [1.807, 2.05) is 13.8 Å². The Kier molecular flexibility index (Phi) is 4.62. The van der Waals surface area contributed by atoms with Crippen molar-refractivity contribution in [3.63, 3.8) is 0 Å². The quantitative estimate of drug-likeness (QED) is 0.796. The Morgan fingerprint density at radius 2 is 2.16 bits per heavy atom. The normalized spacial score (nSPS) is 23.6. The van der Waals surface area contributed by atoms with E-state index in [0.29, 0.717) is 10.2 Å². The number of halogens is 1. The first kappa shape index (κ1) is 14.5. The van der Waals surface area contributed by atoms with Crippen molar-refractivity contribution >= 4 is 21.8 Å². The Hall–Kier alpha value is -0.880. The maximum atomic E-state index is 12.2. The van der Waals surface area contributed by atoms with Gasteiger partial charge in [-0.3, -0.25) is 9.89 Å². The van der Waals surface area contributed by atoms with Gasteiger partial charge >= 0.3 is 0 Å². The molecule has 3 N–H and O–H groups in total. The van der Waals surface area contributed by atoms with Gasteiger partial charge in [0.1, 0.15) is 0 Å². The monoisotopic (exact) mass is 329 g/mol. The van der Waals surface area contributed by atoms with Crippen LogP contribution in [0.25, 0.3) is 0 Å². The van der Waals surface area contributed by atoms with Crippen molar-refractivity contribution in [1.82, 2.24) is 15.5 Å². The zero-order chi connectivity index (χ0) is 14.0. The first-order valence-electron chi connectivity index (χ1n) is 6.73. The summed E-state index contributed by atoms with van der Waals surface area (Å²) in [6.45, 7) is 4.07. The Balaban J connectivity index is 2.07. The van der Waals surface area contributed by atoms with Crippen molar-refractivity contribution in [3.05, 3.63) is 15.9 Å². The van der Waals surface area contributed by atoms with Crippen LogP contribution in [0, 0.1) is 0 Å². The van der Waals surface area contributed by atoms with E-state index < -0.39 is 6.10 Å². The molecule has 1 heterocycles. The average molecular weight is 330 g/mol. The summed E-state index contributed by atoms with van der Waals surface area (Å²) in [6, 6.07) is -0.160. The smallest absolute Gasteiger partial charge is 0.273 e. The molecular weight excluding hydrogens is 310 g/mol. The second kappa shape index (κ2) is 6.05. The molecule has 2 unspecified atom stereocenters. The third-order valence-corrected chi connectivity index (χ3v) is 4.37. The highest BCUT2D eigenvalue weighted by molar-refractivity contribution is 9.10. The van der Waals surface area contributed by atoms with Crippen LogP contribution in [-0.4, -0.2) is 33.4 Å². The Morgan fingerprint density at radius 1 is 1.47 bits per heavy atom.